The molecule has 1 atom stereocenters. The fraction of sp³-hybridized carbons (Fsp3) is 0.545. The summed E-state index contributed by atoms with van der Waals surface area (Å²) >= 11 is 1.76. The van der Waals surface area contributed by atoms with Gasteiger partial charge in [-0.25, -0.2) is 5.84 Å². The van der Waals surface area contributed by atoms with Crippen LogP contribution in [0.3, 0.4) is 0 Å². The number of thiophene rings is 1. The highest BCUT2D eigenvalue weighted by molar-refractivity contribution is 7.09. The van der Waals surface area contributed by atoms with E-state index < -0.39 is 0 Å². The second kappa shape index (κ2) is 6.62. The monoisotopic (exact) mass is 241 g/mol. The van der Waals surface area contributed by atoms with E-state index in [1.807, 2.05) is 0 Å². The lowest BCUT2D eigenvalue weighted by molar-refractivity contribution is -0.121. The third-order valence-corrected chi connectivity index (χ3v) is 3.55. The standard InChI is InChI=1S/C11H19N3OS/c1-9(5-6-11(15)13-12)14(2)8-10-4-3-7-16-10/h3-4,7,9H,5-6,8,12H2,1-2H3,(H,13,15). The number of hydrogen-bond acceptors (Lipinski definition) is 4. The van der Waals surface area contributed by atoms with Crippen molar-refractivity contribution >= 4 is 17.2 Å². The molecule has 3 N–H and O–H groups in total. The average molecular weight is 241 g/mol. The van der Waals surface area contributed by atoms with E-state index in [1.54, 1.807) is 11.3 Å². The van der Waals surface area contributed by atoms with Gasteiger partial charge in [0.2, 0.25) is 5.91 Å². The zero-order valence-corrected chi connectivity index (χ0v) is 10.6. The van der Waals surface area contributed by atoms with Crippen LogP contribution in [0, 0.1) is 0 Å². The normalized spacial score (nSPS) is 12.8. The first-order chi connectivity index (χ1) is 7.63. The molecule has 5 heteroatoms. The Bertz CT molecular complexity index is 313. The van der Waals surface area contributed by atoms with Crippen LogP contribution in [-0.2, 0) is 11.3 Å². The summed E-state index contributed by atoms with van der Waals surface area (Å²) in [6, 6.07) is 4.56. The van der Waals surface area contributed by atoms with Crippen LogP contribution >= 0.6 is 11.3 Å². The Hall–Kier alpha value is -0.910. The summed E-state index contributed by atoms with van der Waals surface area (Å²) in [7, 11) is 2.07. The molecule has 0 saturated heterocycles. The minimum atomic E-state index is -0.101. The fourth-order valence-electron chi connectivity index (χ4n) is 1.44. The van der Waals surface area contributed by atoms with Crippen molar-refractivity contribution in [1.82, 2.24) is 10.3 Å². The van der Waals surface area contributed by atoms with Crippen LogP contribution in [-0.4, -0.2) is 23.9 Å². The van der Waals surface area contributed by atoms with Crippen LogP contribution in [0.2, 0.25) is 0 Å². The minimum Gasteiger partial charge on any atom is -0.299 e. The average Bonchev–Trinajstić information content (AvgIpc) is 2.77. The number of nitrogens with one attached hydrogen (secondary N) is 1. The van der Waals surface area contributed by atoms with Crippen molar-refractivity contribution < 1.29 is 4.79 Å². The molecule has 90 valence electrons. The third-order valence-electron chi connectivity index (χ3n) is 2.69. The molecule has 1 aromatic rings. The molecule has 1 amide bonds. The second-order valence-corrected chi connectivity index (χ2v) is 4.98. The molecule has 4 nitrogen and oxygen atoms in total. The van der Waals surface area contributed by atoms with E-state index in [2.05, 4.69) is 41.8 Å². The lowest BCUT2D eigenvalue weighted by Crippen LogP contribution is -2.33. The summed E-state index contributed by atoms with van der Waals surface area (Å²) in [4.78, 5) is 14.6. The molecule has 1 rings (SSSR count). The first kappa shape index (κ1) is 13.2. The Morgan fingerprint density at radius 1 is 1.69 bits per heavy atom. The summed E-state index contributed by atoms with van der Waals surface area (Å²) in [6.07, 6.45) is 1.30. The SMILES string of the molecule is CC(CCC(=O)NN)N(C)Cc1cccs1. The summed E-state index contributed by atoms with van der Waals surface area (Å²) < 4.78 is 0. The lowest BCUT2D eigenvalue weighted by atomic mass is 10.1. The fourth-order valence-corrected chi connectivity index (χ4v) is 2.20. The van der Waals surface area contributed by atoms with Gasteiger partial charge in [0.1, 0.15) is 0 Å². The predicted octanol–water partition coefficient (Wildman–Crippen LogP) is 1.34. The van der Waals surface area contributed by atoms with Gasteiger partial charge in [-0.2, -0.15) is 0 Å². The van der Waals surface area contributed by atoms with Gasteiger partial charge in [-0.15, -0.1) is 11.3 Å². The molecule has 1 heterocycles. The topological polar surface area (TPSA) is 58.4 Å². The maximum Gasteiger partial charge on any atom is 0.233 e. The molecule has 0 aliphatic heterocycles. The van der Waals surface area contributed by atoms with E-state index in [0.29, 0.717) is 12.5 Å². The van der Waals surface area contributed by atoms with E-state index in [4.69, 9.17) is 5.84 Å². The summed E-state index contributed by atoms with van der Waals surface area (Å²) in [5, 5.41) is 2.08. The second-order valence-electron chi connectivity index (χ2n) is 3.95. The van der Waals surface area contributed by atoms with E-state index >= 15 is 0 Å². The van der Waals surface area contributed by atoms with E-state index in [-0.39, 0.29) is 5.91 Å². The zero-order valence-electron chi connectivity index (χ0n) is 9.77. The molecular formula is C11H19N3OS. The Kier molecular flexibility index (Phi) is 5.45. The van der Waals surface area contributed by atoms with Crippen molar-refractivity contribution in [2.24, 2.45) is 5.84 Å². The van der Waals surface area contributed by atoms with Crippen LogP contribution in [0.25, 0.3) is 0 Å². The number of carbonyl (C=O) groups excluding carboxylic acids is 1. The molecule has 0 aromatic carbocycles. The highest BCUT2D eigenvalue weighted by Crippen LogP contribution is 2.14. The summed E-state index contributed by atoms with van der Waals surface area (Å²) in [6.45, 7) is 3.06. The molecule has 0 bridgehead atoms. The van der Waals surface area contributed by atoms with Gasteiger partial charge in [0.05, 0.1) is 0 Å². The largest absolute Gasteiger partial charge is 0.299 e. The number of amides is 1. The maximum atomic E-state index is 11.0. The van der Waals surface area contributed by atoms with Crippen molar-refractivity contribution in [2.75, 3.05) is 7.05 Å². The summed E-state index contributed by atoms with van der Waals surface area (Å²) in [5.74, 6) is 4.93. The number of nitrogens with zero attached hydrogens (tertiary/aromatic N) is 1. The number of hydrogen-bond donors (Lipinski definition) is 2. The first-order valence-electron chi connectivity index (χ1n) is 5.35. The van der Waals surface area contributed by atoms with E-state index in [1.165, 1.54) is 4.88 Å². The number of carbonyl (C=O) groups is 1. The molecule has 0 aliphatic carbocycles. The lowest BCUT2D eigenvalue weighted by Gasteiger charge is -2.23. The van der Waals surface area contributed by atoms with Crippen molar-refractivity contribution in [1.29, 1.82) is 0 Å². The highest BCUT2D eigenvalue weighted by Gasteiger charge is 2.11. The van der Waals surface area contributed by atoms with E-state index in [0.717, 1.165) is 13.0 Å². The minimum absolute atomic E-state index is 0.101. The van der Waals surface area contributed by atoms with Crippen LogP contribution in [0.1, 0.15) is 24.6 Å². The Labute approximate surface area is 100 Å². The molecule has 16 heavy (non-hydrogen) atoms. The van der Waals surface area contributed by atoms with E-state index in [9.17, 15) is 4.79 Å². The van der Waals surface area contributed by atoms with Gasteiger partial charge in [0.25, 0.3) is 0 Å². The van der Waals surface area contributed by atoms with Crippen molar-refractivity contribution in [3.05, 3.63) is 22.4 Å². The predicted molar refractivity (Wildman–Crippen MR) is 66.8 cm³/mol. The Balaban J connectivity index is 2.30. The number of nitrogens with two attached hydrogens (primary N) is 1. The highest BCUT2D eigenvalue weighted by atomic mass is 32.1. The zero-order chi connectivity index (χ0) is 12.0. The van der Waals surface area contributed by atoms with Crippen LogP contribution in [0.15, 0.2) is 17.5 Å². The molecule has 0 fully saturated rings. The molecule has 0 radical (unpaired) electrons. The van der Waals surface area contributed by atoms with Gasteiger partial charge >= 0.3 is 0 Å². The van der Waals surface area contributed by atoms with Gasteiger partial charge in [-0.05, 0) is 31.8 Å². The molecular weight excluding hydrogens is 222 g/mol. The van der Waals surface area contributed by atoms with Gasteiger partial charge in [-0.1, -0.05) is 6.07 Å². The molecule has 1 unspecified atom stereocenters. The Morgan fingerprint density at radius 3 is 3.00 bits per heavy atom. The Morgan fingerprint density at radius 2 is 2.44 bits per heavy atom. The number of rotatable bonds is 6. The molecule has 0 spiro atoms. The molecule has 0 aliphatic rings. The van der Waals surface area contributed by atoms with Crippen LogP contribution < -0.4 is 11.3 Å². The first-order valence-corrected chi connectivity index (χ1v) is 6.23. The van der Waals surface area contributed by atoms with Crippen molar-refractivity contribution in [3.8, 4) is 0 Å². The van der Waals surface area contributed by atoms with Crippen LogP contribution in [0.4, 0.5) is 0 Å². The van der Waals surface area contributed by atoms with Gasteiger partial charge < -0.3 is 0 Å². The van der Waals surface area contributed by atoms with Gasteiger partial charge in [-0.3, -0.25) is 15.1 Å². The number of hydrazine groups is 1. The quantitative estimate of drug-likeness (QED) is 0.449. The maximum absolute atomic E-state index is 11.0. The smallest absolute Gasteiger partial charge is 0.233 e. The van der Waals surface area contributed by atoms with Crippen LogP contribution in [0.5, 0.6) is 0 Å². The van der Waals surface area contributed by atoms with Crippen molar-refractivity contribution in [2.45, 2.75) is 32.4 Å². The van der Waals surface area contributed by atoms with Crippen molar-refractivity contribution in [3.63, 3.8) is 0 Å². The molecule has 1 aromatic heterocycles. The molecule has 0 saturated carbocycles. The van der Waals surface area contributed by atoms with Gasteiger partial charge in [0, 0.05) is 23.9 Å². The summed E-state index contributed by atoms with van der Waals surface area (Å²) in [5.41, 5.74) is 2.15. The van der Waals surface area contributed by atoms with Gasteiger partial charge in [0.15, 0.2) is 0 Å². The third kappa shape index (κ3) is 4.30.